The molecule has 2 aromatic carbocycles. The van der Waals surface area contributed by atoms with Crippen LogP contribution in [0.25, 0.3) is 11.3 Å². The Bertz CT molecular complexity index is 1150. The minimum absolute atomic E-state index is 0.0353. The zero-order valence-corrected chi connectivity index (χ0v) is 18.5. The zero-order chi connectivity index (χ0) is 21.5. The van der Waals surface area contributed by atoms with Gasteiger partial charge < -0.3 is 14.5 Å². The van der Waals surface area contributed by atoms with Crippen LogP contribution >= 0.6 is 11.6 Å². The standard InChI is InChI=1S/C24H25ClN4O2/c1-15-3-5-17(25)14-21(15)28-9-11-29(12-10-28)24(30)23-20-7-4-16-13-18(31-2)6-8-19(16)22(20)26-27-23/h3,5-6,8,13-14H,4,7,9-12H2,1-2H3,(H,26,27). The van der Waals surface area contributed by atoms with Gasteiger partial charge in [-0.15, -0.1) is 0 Å². The summed E-state index contributed by atoms with van der Waals surface area (Å²) in [4.78, 5) is 17.5. The second-order valence-electron chi connectivity index (χ2n) is 8.16. The number of hydrogen-bond donors (Lipinski definition) is 1. The summed E-state index contributed by atoms with van der Waals surface area (Å²) in [5, 5.41) is 8.29. The van der Waals surface area contributed by atoms with Crippen molar-refractivity contribution in [2.75, 3.05) is 38.2 Å². The van der Waals surface area contributed by atoms with Crippen LogP contribution in [0.4, 0.5) is 5.69 Å². The van der Waals surface area contributed by atoms with Crippen molar-refractivity contribution in [2.24, 2.45) is 0 Å². The molecule has 0 atom stereocenters. The Morgan fingerprint density at radius 3 is 2.68 bits per heavy atom. The first-order valence-electron chi connectivity index (χ1n) is 10.6. The predicted molar refractivity (Wildman–Crippen MR) is 122 cm³/mol. The molecule has 7 heteroatoms. The van der Waals surface area contributed by atoms with Gasteiger partial charge in [0, 0.05) is 48.0 Å². The number of aryl methyl sites for hydroxylation is 2. The van der Waals surface area contributed by atoms with Crippen molar-refractivity contribution < 1.29 is 9.53 Å². The van der Waals surface area contributed by atoms with Crippen molar-refractivity contribution in [3.63, 3.8) is 0 Å². The number of ether oxygens (including phenoxy) is 1. The molecule has 2 aliphatic rings. The quantitative estimate of drug-likeness (QED) is 0.671. The molecular formula is C24H25ClN4O2. The maximum Gasteiger partial charge on any atom is 0.272 e. The third kappa shape index (κ3) is 3.55. The summed E-state index contributed by atoms with van der Waals surface area (Å²) in [6, 6.07) is 12.0. The first-order valence-corrected chi connectivity index (χ1v) is 11.0. The van der Waals surface area contributed by atoms with Gasteiger partial charge in [0.05, 0.1) is 12.8 Å². The highest BCUT2D eigenvalue weighted by Crippen LogP contribution is 2.36. The Morgan fingerprint density at radius 2 is 1.90 bits per heavy atom. The summed E-state index contributed by atoms with van der Waals surface area (Å²) in [5.41, 5.74) is 7.18. The average Bonchev–Trinajstić information content (AvgIpc) is 3.24. The molecule has 1 N–H and O–H groups in total. The Labute approximate surface area is 186 Å². The van der Waals surface area contributed by atoms with Crippen molar-refractivity contribution in [2.45, 2.75) is 19.8 Å². The minimum Gasteiger partial charge on any atom is -0.497 e. The number of nitrogens with one attached hydrogen (secondary N) is 1. The second-order valence-corrected chi connectivity index (χ2v) is 8.60. The molecule has 31 heavy (non-hydrogen) atoms. The van der Waals surface area contributed by atoms with E-state index < -0.39 is 0 Å². The molecule has 0 spiro atoms. The van der Waals surface area contributed by atoms with Crippen LogP contribution in [0.15, 0.2) is 36.4 Å². The maximum absolute atomic E-state index is 13.3. The highest BCUT2D eigenvalue weighted by atomic mass is 35.5. The molecule has 0 saturated carbocycles. The lowest BCUT2D eigenvalue weighted by atomic mass is 9.88. The summed E-state index contributed by atoms with van der Waals surface area (Å²) < 4.78 is 5.35. The molecule has 160 valence electrons. The fourth-order valence-corrected chi connectivity index (χ4v) is 4.80. The van der Waals surface area contributed by atoms with Crippen LogP contribution in [0.1, 0.15) is 27.2 Å². The molecule has 5 rings (SSSR count). The molecule has 3 aromatic rings. The van der Waals surface area contributed by atoms with Crippen molar-refractivity contribution >= 4 is 23.2 Å². The third-order valence-electron chi connectivity index (χ3n) is 6.37. The summed E-state index contributed by atoms with van der Waals surface area (Å²) in [5.74, 6) is 0.884. The van der Waals surface area contributed by atoms with Gasteiger partial charge in [-0.25, -0.2) is 0 Å². The topological polar surface area (TPSA) is 61.5 Å². The molecule has 1 fully saturated rings. The third-order valence-corrected chi connectivity index (χ3v) is 6.61. The number of anilines is 1. The first-order chi connectivity index (χ1) is 15.0. The Kier molecular flexibility index (Phi) is 5.10. The highest BCUT2D eigenvalue weighted by molar-refractivity contribution is 6.30. The lowest BCUT2D eigenvalue weighted by Gasteiger charge is -2.36. The number of benzene rings is 2. The number of fused-ring (bicyclic) bond motifs is 3. The fourth-order valence-electron chi connectivity index (χ4n) is 4.63. The van der Waals surface area contributed by atoms with Gasteiger partial charge in [-0.3, -0.25) is 9.89 Å². The number of piperazine rings is 1. The van der Waals surface area contributed by atoms with Gasteiger partial charge in [0.1, 0.15) is 11.4 Å². The number of rotatable bonds is 3. The van der Waals surface area contributed by atoms with E-state index >= 15 is 0 Å². The largest absolute Gasteiger partial charge is 0.497 e. The van der Waals surface area contributed by atoms with Gasteiger partial charge in [-0.1, -0.05) is 17.7 Å². The van der Waals surface area contributed by atoms with Gasteiger partial charge in [-0.05, 0) is 61.2 Å². The van der Waals surface area contributed by atoms with Gasteiger partial charge >= 0.3 is 0 Å². The Hall–Kier alpha value is -2.99. The molecule has 2 heterocycles. The Morgan fingerprint density at radius 1 is 1.10 bits per heavy atom. The lowest BCUT2D eigenvalue weighted by Crippen LogP contribution is -2.49. The number of carbonyl (C=O) groups is 1. The minimum atomic E-state index is 0.0353. The van der Waals surface area contributed by atoms with Gasteiger partial charge in [0.25, 0.3) is 5.91 Å². The molecule has 0 radical (unpaired) electrons. The number of nitrogens with zero attached hydrogens (tertiary/aromatic N) is 3. The van der Waals surface area contributed by atoms with E-state index in [1.807, 2.05) is 35.2 Å². The van der Waals surface area contributed by atoms with Crippen LogP contribution in [0.5, 0.6) is 5.75 Å². The Balaban J connectivity index is 1.33. The van der Waals surface area contributed by atoms with Crippen molar-refractivity contribution in [3.8, 4) is 17.0 Å². The molecule has 0 unspecified atom stereocenters. The smallest absolute Gasteiger partial charge is 0.272 e. The lowest BCUT2D eigenvalue weighted by molar-refractivity contribution is 0.0739. The molecule has 6 nitrogen and oxygen atoms in total. The van der Waals surface area contributed by atoms with Crippen molar-refractivity contribution in [3.05, 3.63) is 63.8 Å². The van der Waals surface area contributed by atoms with Crippen LogP contribution in [0.3, 0.4) is 0 Å². The summed E-state index contributed by atoms with van der Waals surface area (Å²) in [6.07, 6.45) is 1.68. The molecule has 1 aliphatic heterocycles. The highest BCUT2D eigenvalue weighted by Gasteiger charge is 2.30. The number of hydrogen-bond acceptors (Lipinski definition) is 4. The van der Waals surface area contributed by atoms with Crippen LogP contribution in [0.2, 0.25) is 5.02 Å². The van der Waals surface area contributed by atoms with E-state index in [0.717, 1.165) is 59.2 Å². The molecule has 1 aliphatic carbocycles. The SMILES string of the molecule is COc1ccc2c(c1)CCc1c-2n[nH]c1C(=O)N1CCN(c2cc(Cl)ccc2C)CC1. The van der Waals surface area contributed by atoms with Gasteiger partial charge in [0.15, 0.2) is 0 Å². The number of H-pyrrole nitrogens is 1. The van der Waals surface area contributed by atoms with E-state index in [1.165, 1.54) is 11.1 Å². The van der Waals surface area contributed by atoms with Crippen molar-refractivity contribution in [1.29, 1.82) is 0 Å². The number of aromatic nitrogens is 2. The first kappa shape index (κ1) is 19.9. The summed E-state index contributed by atoms with van der Waals surface area (Å²) in [7, 11) is 1.68. The summed E-state index contributed by atoms with van der Waals surface area (Å²) >= 11 is 6.19. The second kappa shape index (κ2) is 7.93. The number of halogens is 1. The zero-order valence-electron chi connectivity index (χ0n) is 17.7. The number of amides is 1. The normalized spacial score (nSPS) is 15.5. The van der Waals surface area contributed by atoms with E-state index in [1.54, 1.807) is 7.11 Å². The predicted octanol–water partition coefficient (Wildman–Crippen LogP) is 4.11. The van der Waals surface area contributed by atoms with Crippen LogP contribution < -0.4 is 9.64 Å². The van der Waals surface area contributed by atoms with Crippen LogP contribution in [-0.4, -0.2) is 54.3 Å². The molecule has 1 saturated heterocycles. The maximum atomic E-state index is 13.3. The van der Waals surface area contributed by atoms with E-state index in [9.17, 15) is 4.79 Å². The van der Waals surface area contributed by atoms with Crippen LogP contribution in [0, 0.1) is 6.92 Å². The van der Waals surface area contributed by atoms with Gasteiger partial charge in [-0.2, -0.15) is 5.10 Å². The van der Waals surface area contributed by atoms with Crippen LogP contribution in [-0.2, 0) is 12.8 Å². The molecule has 0 bridgehead atoms. The van der Waals surface area contributed by atoms with Gasteiger partial charge in [0.2, 0.25) is 0 Å². The number of carbonyl (C=O) groups excluding carboxylic acids is 1. The van der Waals surface area contributed by atoms with E-state index in [-0.39, 0.29) is 5.91 Å². The van der Waals surface area contributed by atoms with E-state index in [4.69, 9.17) is 16.3 Å². The summed E-state index contributed by atoms with van der Waals surface area (Å²) in [6.45, 7) is 5.00. The molecule has 1 amide bonds. The average molecular weight is 437 g/mol. The van der Waals surface area contributed by atoms with E-state index in [0.29, 0.717) is 18.8 Å². The van der Waals surface area contributed by atoms with Crippen molar-refractivity contribution in [1.82, 2.24) is 15.1 Å². The number of methoxy groups -OCH3 is 1. The molecule has 1 aromatic heterocycles. The monoisotopic (exact) mass is 436 g/mol. The fraction of sp³-hybridized carbons (Fsp3) is 0.333. The molecular weight excluding hydrogens is 412 g/mol. The van der Waals surface area contributed by atoms with E-state index in [2.05, 4.69) is 28.1 Å². The number of aromatic amines is 1.